The van der Waals surface area contributed by atoms with Gasteiger partial charge in [0.2, 0.25) is 5.91 Å². The van der Waals surface area contributed by atoms with Crippen LogP contribution >= 0.6 is 0 Å². The SMILES string of the molecule is CC(C)CS(=O)(=O)CCC(=O)N1CCCN(Cc2ccc(C(F)(F)F)cc2)CC1. The summed E-state index contributed by atoms with van der Waals surface area (Å²) in [6.45, 7) is 6.57. The van der Waals surface area contributed by atoms with Crippen molar-refractivity contribution >= 4 is 15.7 Å². The van der Waals surface area contributed by atoms with Gasteiger partial charge < -0.3 is 4.90 Å². The van der Waals surface area contributed by atoms with E-state index in [1.807, 2.05) is 13.8 Å². The molecule has 5 nitrogen and oxygen atoms in total. The fourth-order valence-electron chi connectivity index (χ4n) is 3.43. The third-order valence-electron chi connectivity index (χ3n) is 4.84. The highest BCUT2D eigenvalue weighted by atomic mass is 32.2. The summed E-state index contributed by atoms with van der Waals surface area (Å²) in [5.74, 6) is -0.169. The Morgan fingerprint density at radius 2 is 1.72 bits per heavy atom. The van der Waals surface area contributed by atoms with Crippen LogP contribution in [0.2, 0.25) is 0 Å². The maximum Gasteiger partial charge on any atom is 0.416 e. The van der Waals surface area contributed by atoms with E-state index in [4.69, 9.17) is 0 Å². The lowest BCUT2D eigenvalue weighted by Crippen LogP contribution is -2.36. The number of hydrogen-bond donors (Lipinski definition) is 0. The first kappa shape index (κ1) is 23.7. The van der Waals surface area contributed by atoms with Crippen LogP contribution in [0.5, 0.6) is 0 Å². The molecule has 2 rings (SSSR count). The predicted molar refractivity (Wildman–Crippen MR) is 106 cm³/mol. The van der Waals surface area contributed by atoms with E-state index in [0.29, 0.717) is 26.2 Å². The molecule has 1 heterocycles. The maximum atomic E-state index is 12.7. The van der Waals surface area contributed by atoms with Crippen molar-refractivity contribution in [1.82, 2.24) is 9.80 Å². The van der Waals surface area contributed by atoms with Gasteiger partial charge in [0.25, 0.3) is 0 Å². The zero-order chi connectivity index (χ0) is 21.7. The van der Waals surface area contributed by atoms with Crippen molar-refractivity contribution in [3.63, 3.8) is 0 Å². The van der Waals surface area contributed by atoms with Gasteiger partial charge in [-0.05, 0) is 30.0 Å². The lowest BCUT2D eigenvalue weighted by Gasteiger charge is -2.22. The Kier molecular flexibility index (Phi) is 8.10. The molecule has 1 aliphatic heterocycles. The number of carbonyl (C=O) groups excluding carboxylic acids is 1. The predicted octanol–water partition coefficient (Wildman–Crippen LogP) is 3.20. The van der Waals surface area contributed by atoms with Gasteiger partial charge in [0.05, 0.1) is 17.1 Å². The van der Waals surface area contributed by atoms with Crippen molar-refractivity contribution in [3.05, 3.63) is 35.4 Å². The second-order valence-electron chi connectivity index (χ2n) is 7.96. The minimum Gasteiger partial charge on any atom is -0.341 e. The van der Waals surface area contributed by atoms with E-state index in [1.165, 1.54) is 12.1 Å². The average molecular weight is 435 g/mol. The van der Waals surface area contributed by atoms with E-state index in [9.17, 15) is 26.4 Å². The van der Waals surface area contributed by atoms with Gasteiger partial charge >= 0.3 is 6.18 Å². The van der Waals surface area contributed by atoms with Crippen LogP contribution < -0.4 is 0 Å². The summed E-state index contributed by atoms with van der Waals surface area (Å²) in [6.07, 6.45) is -3.61. The summed E-state index contributed by atoms with van der Waals surface area (Å²) >= 11 is 0. The summed E-state index contributed by atoms with van der Waals surface area (Å²) in [4.78, 5) is 16.2. The first-order chi connectivity index (χ1) is 13.5. The van der Waals surface area contributed by atoms with E-state index in [2.05, 4.69) is 4.90 Å². The number of nitrogens with zero attached hydrogens (tertiary/aromatic N) is 2. The molecule has 0 radical (unpaired) electrons. The van der Waals surface area contributed by atoms with Crippen LogP contribution in [-0.2, 0) is 27.4 Å². The molecule has 1 amide bonds. The Morgan fingerprint density at radius 3 is 2.31 bits per heavy atom. The topological polar surface area (TPSA) is 57.7 Å². The monoisotopic (exact) mass is 434 g/mol. The van der Waals surface area contributed by atoms with Crippen molar-refractivity contribution < 1.29 is 26.4 Å². The number of hydrogen-bond acceptors (Lipinski definition) is 4. The Labute approximate surface area is 170 Å². The molecule has 1 aromatic rings. The van der Waals surface area contributed by atoms with Gasteiger partial charge in [-0.25, -0.2) is 8.42 Å². The van der Waals surface area contributed by atoms with Crippen LogP contribution in [0.1, 0.15) is 37.8 Å². The smallest absolute Gasteiger partial charge is 0.341 e. The quantitative estimate of drug-likeness (QED) is 0.661. The van der Waals surface area contributed by atoms with Gasteiger partial charge in [-0.2, -0.15) is 13.2 Å². The van der Waals surface area contributed by atoms with Gasteiger partial charge in [0.1, 0.15) is 0 Å². The number of benzene rings is 1. The molecular formula is C20H29F3N2O3S. The summed E-state index contributed by atoms with van der Waals surface area (Å²) < 4.78 is 62.0. The van der Waals surface area contributed by atoms with Crippen molar-refractivity contribution in [2.24, 2.45) is 5.92 Å². The van der Waals surface area contributed by atoms with Gasteiger partial charge in [-0.15, -0.1) is 0 Å². The molecule has 1 aromatic carbocycles. The largest absolute Gasteiger partial charge is 0.416 e. The van der Waals surface area contributed by atoms with Crippen molar-refractivity contribution in [2.75, 3.05) is 37.7 Å². The zero-order valence-electron chi connectivity index (χ0n) is 16.9. The normalized spacial score (nSPS) is 16.8. The molecule has 164 valence electrons. The summed E-state index contributed by atoms with van der Waals surface area (Å²) in [5.41, 5.74) is 0.124. The fourth-order valence-corrected chi connectivity index (χ4v) is 5.10. The highest BCUT2D eigenvalue weighted by Crippen LogP contribution is 2.29. The molecule has 0 N–H and O–H groups in total. The Bertz CT molecular complexity index is 777. The van der Waals surface area contributed by atoms with Gasteiger partial charge in [-0.1, -0.05) is 26.0 Å². The number of carbonyl (C=O) groups is 1. The fraction of sp³-hybridized carbons (Fsp3) is 0.650. The standard InChI is InChI=1S/C20H29F3N2O3S/c1-16(2)15-29(27,28)13-8-19(26)25-10-3-9-24(11-12-25)14-17-4-6-18(7-5-17)20(21,22)23/h4-7,16H,3,8-15H2,1-2H3. The molecule has 0 saturated carbocycles. The van der Waals surface area contributed by atoms with Crippen LogP contribution in [0.4, 0.5) is 13.2 Å². The van der Waals surface area contributed by atoms with Gasteiger partial charge in [0.15, 0.2) is 9.84 Å². The molecular weight excluding hydrogens is 405 g/mol. The molecule has 0 unspecified atom stereocenters. The first-order valence-corrected chi connectivity index (χ1v) is 11.6. The van der Waals surface area contributed by atoms with E-state index in [0.717, 1.165) is 30.7 Å². The third-order valence-corrected chi connectivity index (χ3v) is 6.84. The minimum absolute atomic E-state index is 0.00599. The summed E-state index contributed by atoms with van der Waals surface area (Å²) in [5, 5.41) is 0. The molecule has 1 fully saturated rings. The minimum atomic E-state index is -4.34. The van der Waals surface area contributed by atoms with E-state index in [1.54, 1.807) is 4.90 Å². The summed E-state index contributed by atoms with van der Waals surface area (Å²) in [7, 11) is -3.23. The first-order valence-electron chi connectivity index (χ1n) is 9.83. The van der Waals surface area contributed by atoms with Gasteiger partial charge in [0, 0.05) is 39.1 Å². The second-order valence-corrected chi connectivity index (χ2v) is 10.2. The zero-order valence-corrected chi connectivity index (χ0v) is 17.7. The van der Waals surface area contributed by atoms with E-state index >= 15 is 0 Å². The second kappa shape index (κ2) is 9.93. The van der Waals surface area contributed by atoms with Crippen LogP contribution in [-0.4, -0.2) is 61.8 Å². The van der Waals surface area contributed by atoms with E-state index in [-0.39, 0.29) is 29.8 Å². The lowest BCUT2D eigenvalue weighted by molar-refractivity contribution is -0.137. The van der Waals surface area contributed by atoms with Crippen LogP contribution in [0.15, 0.2) is 24.3 Å². The highest BCUT2D eigenvalue weighted by Gasteiger charge is 2.30. The molecule has 0 aromatic heterocycles. The molecule has 1 aliphatic rings. The van der Waals surface area contributed by atoms with Crippen molar-refractivity contribution in [3.8, 4) is 0 Å². The van der Waals surface area contributed by atoms with E-state index < -0.39 is 21.6 Å². The number of sulfone groups is 1. The van der Waals surface area contributed by atoms with Gasteiger partial charge in [-0.3, -0.25) is 9.69 Å². The van der Waals surface area contributed by atoms with Crippen LogP contribution in [0, 0.1) is 5.92 Å². The lowest BCUT2D eigenvalue weighted by atomic mass is 10.1. The molecule has 0 bridgehead atoms. The number of halogens is 3. The number of rotatable bonds is 7. The number of alkyl halides is 3. The van der Waals surface area contributed by atoms with Crippen LogP contribution in [0.25, 0.3) is 0 Å². The summed E-state index contributed by atoms with van der Waals surface area (Å²) in [6, 6.07) is 5.13. The average Bonchev–Trinajstić information content (AvgIpc) is 2.84. The Balaban J connectivity index is 1.84. The highest BCUT2D eigenvalue weighted by molar-refractivity contribution is 7.91. The van der Waals surface area contributed by atoms with Crippen molar-refractivity contribution in [2.45, 2.75) is 39.4 Å². The Hall–Kier alpha value is -1.61. The molecule has 1 saturated heterocycles. The van der Waals surface area contributed by atoms with Crippen LogP contribution in [0.3, 0.4) is 0 Å². The third kappa shape index (κ3) is 7.97. The maximum absolute atomic E-state index is 12.7. The molecule has 0 spiro atoms. The number of amides is 1. The molecule has 0 atom stereocenters. The Morgan fingerprint density at radius 1 is 1.07 bits per heavy atom. The van der Waals surface area contributed by atoms with Crippen molar-refractivity contribution in [1.29, 1.82) is 0 Å². The molecule has 9 heteroatoms. The molecule has 0 aliphatic carbocycles. The molecule has 29 heavy (non-hydrogen) atoms.